The molecule has 0 radical (unpaired) electrons. The largest absolute Gasteiger partial charge is 0.389 e. The Bertz CT molecular complexity index is 520. The van der Waals surface area contributed by atoms with Gasteiger partial charge in [-0.05, 0) is 14.1 Å². The van der Waals surface area contributed by atoms with Crippen LogP contribution in [0.1, 0.15) is 12.8 Å². The summed E-state index contributed by atoms with van der Waals surface area (Å²) in [5, 5.41) is 103. The highest BCUT2D eigenvalue weighted by molar-refractivity contribution is 5.90. The summed E-state index contributed by atoms with van der Waals surface area (Å²) in [6.07, 6.45) is -21.4. The molecular weight excluding hydrogens is 436 g/mol. The minimum atomic E-state index is -2.24. The number of likely N-dealkylation sites (N-methyl/N-ethyl adjacent to an activating group) is 2. The maximum Gasteiger partial charge on any atom is 0.164 e. The van der Waals surface area contributed by atoms with Crippen LogP contribution in [-0.2, 0) is 9.59 Å². The smallest absolute Gasteiger partial charge is 0.164 e. The lowest BCUT2D eigenvalue weighted by atomic mass is 9.93. The Kier molecular flexibility index (Phi) is 14.4. The molecule has 0 saturated carbocycles. The van der Waals surface area contributed by atoms with Gasteiger partial charge in [-0.3, -0.25) is 9.59 Å². The van der Waals surface area contributed by atoms with Gasteiger partial charge in [-0.1, -0.05) is 0 Å². The molecule has 0 spiro atoms. The fraction of sp³-hybridized carbons (Fsp3) is 0.889. The highest BCUT2D eigenvalue weighted by Gasteiger charge is 2.39. The summed E-state index contributed by atoms with van der Waals surface area (Å²) in [6, 6.07) is 0. The molecule has 0 bridgehead atoms. The first-order valence-electron chi connectivity index (χ1n) is 9.96. The van der Waals surface area contributed by atoms with Crippen molar-refractivity contribution in [2.75, 3.05) is 27.2 Å². The van der Waals surface area contributed by atoms with Crippen LogP contribution in [0, 0.1) is 0 Å². The summed E-state index contributed by atoms with van der Waals surface area (Å²) in [7, 11) is 2.90. The molecule has 0 aromatic rings. The molecule has 190 valence electrons. The first-order chi connectivity index (χ1) is 14.8. The van der Waals surface area contributed by atoms with Gasteiger partial charge in [0.2, 0.25) is 0 Å². The number of nitrogens with one attached hydrogen (secondary N) is 2. The van der Waals surface area contributed by atoms with Crippen LogP contribution in [0.15, 0.2) is 0 Å². The van der Waals surface area contributed by atoms with Crippen LogP contribution in [0.4, 0.5) is 0 Å². The number of carbonyl (C=O) groups is 2. The lowest BCUT2D eigenvalue weighted by Crippen LogP contribution is -2.53. The summed E-state index contributed by atoms with van der Waals surface area (Å²) in [4.78, 5) is 24.0. The molecule has 32 heavy (non-hydrogen) atoms. The number of carbonyl (C=O) groups excluding carboxylic acids is 2. The van der Waals surface area contributed by atoms with Crippen molar-refractivity contribution in [2.45, 2.75) is 73.9 Å². The van der Waals surface area contributed by atoms with Crippen molar-refractivity contribution in [1.82, 2.24) is 10.6 Å². The number of aliphatic hydroxyl groups is 10. The molecule has 0 aliphatic carbocycles. The van der Waals surface area contributed by atoms with E-state index in [1.807, 2.05) is 0 Å². The van der Waals surface area contributed by atoms with Gasteiger partial charge in [-0.25, -0.2) is 0 Å². The van der Waals surface area contributed by atoms with Gasteiger partial charge in [0.1, 0.15) is 48.8 Å². The molecule has 0 rings (SSSR count). The van der Waals surface area contributed by atoms with Crippen molar-refractivity contribution in [2.24, 2.45) is 0 Å². The fourth-order valence-electron chi connectivity index (χ4n) is 2.82. The summed E-state index contributed by atoms with van der Waals surface area (Å²) < 4.78 is 0. The van der Waals surface area contributed by atoms with Gasteiger partial charge < -0.3 is 61.7 Å². The Hall–Kier alpha value is -1.14. The number of rotatable bonds is 17. The zero-order chi connectivity index (χ0) is 25.2. The van der Waals surface area contributed by atoms with Crippen LogP contribution in [0.2, 0.25) is 0 Å². The predicted octanol–water partition coefficient (Wildman–Crippen LogP) is -7.05. The van der Waals surface area contributed by atoms with E-state index in [0.717, 1.165) is 0 Å². The van der Waals surface area contributed by atoms with Gasteiger partial charge in [0.25, 0.3) is 0 Å². The monoisotopic (exact) mass is 472 g/mol. The molecule has 0 heterocycles. The number of Topliss-reactive ketones (excluding diaryl/α,β-unsaturated/α-hetero) is 2. The van der Waals surface area contributed by atoms with Gasteiger partial charge in [0, 0.05) is 25.9 Å². The number of hydrogen-bond acceptors (Lipinski definition) is 14. The maximum absolute atomic E-state index is 12.0. The second-order valence-electron chi connectivity index (χ2n) is 7.52. The molecule has 10 unspecified atom stereocenters. The Balaban J connectivity index is 4.81. The summed E-state index contributed by atoms with van der Waals surface area (Å²) in [6.45, 7) is -0.313. The molecular formula is C18H36N2O12. The average molecular weight is 472 g/mol. The Morgan fingerprint density at radius 3 is 1.06 bits per heavy atom. The molecule has 0 aliphatic rings. The molecule has 12 N–H and O–H groups in total. The van der Waals surface area contributed by atoms with Gasteiger partial charge in [-0.2, -0.15) is 0 Å². The zero-order valence-corrected chi connectivity index (χ0v) is 17.9. The van der Waals surface area contributed by atoms with Crippen molar-refractivity contribution >= 4 is 11.6 Å². The first-order valence-corrected chi connectivity index (χ1v) is 9.96. The Labute approximate surface area is 184 Å². The van der Waals surface area contributed by atoms with Crippen molar-refractivity contribution in [1.29, 1.82) is 0 Å². The van der Waals surface area contributed by atoms with Crippen molar-refractivity contribution < 1.29 is 60.7 Å². The Morgan fingerprint density at radius 1 is 0.531 bits per heavy atom. The van der Waals surface area contributed by atoms with Crippen LogP contribution < -0.4 is 10.6 Å². The van der Waals surface area contributed by atoms with Gasteiger partial charge >= 0.3 is 0 Å². The molecule has 14 nitrogen and oxygen atoms in total. The first kappa shape index (κ1) is 30.9. The molecule has 10 atom stereocenters. The minimum Gasteiger partial charge on any atom is -0.389 e. The quantitative estimate of drug-likeness (QED) is 0.0938. The van der Waals surface area contributed by atoms with E-state index in [0.29, 0.717) is 0 Å². The van der Waals surface area contributed by atoms with E-state index in [9.17, 15) is 60.7 Å². The van der Waals surface area contributed by atoms with Gasteiger partial charge in [0.05, 0.1) is 12.2 Å². The minimum absolute atomic E-state index is 0.157. The molecule has 0 saturated heterocycles. The predicted molar refractivity (Wildman–Crippen MR) is 107 cm³/mol. The third kappa shape index (κ3) is 9.01. The van der Waals surface area contributed by atoms with Crippen molar-refractivity contribution in [3.63, 3.8) is 0 Å². The summed E-state index contributed by atoms with van der Waals surface area (Å²) in [5.74, 6) is -2.29. The topological polar surface area (TPSA) is 260 Å². The maximum atomic E-state index is 12.0. The molecule has 0 fully saturated rings. The standard InChI is InChI=1S/C18H36N2O12/c1-19-5-9(23)13(27)17(31)15(29)11(25)7(21)3-4-8(22)12(26)16(30)18(32)14(28)10(24)6-20-2/h9-20,23-32H,3-6H2,1-2H3. The third-order valence-electron chi connectivity index (χ3n) is 4.94. The van der Waals surface area contributed by atoms with E-state index in [1.54, 1.807) is 0 Å². The van der Waals surface area contributed by atoms with Crippen LogP contribution >= 0.6 is 0 Å². The van der Waals surface area contributed by atoms with E-state index >= 15 is 0 Å². The van der Waals surface area contributed by atoms with E-state index in [4.69, 9.17) is 0 Å². The summed E-state index contributed by atoms with van der Waals surface area (Å²) >= 11 is 0. The van der Waals surface area contributed by atoms with E-state index < -0.39 is 85.4 Å². The third-order valence-corrected chi connectivity index (χ3v) is 4.94. The lowest BCUT2D eigenvalue weighted by molar-refractivity contribution is -0.156. The van der Waals surface area contributed by atoms with Crippen LogP contribution in [-0.4, -0.2) is 151 Å². The van der Waals surface area contributed by atoms with Crippen LogP contribution in [0.5, 0.6) is 0 Å². The van der Waals surface area contributed by atoms with Crippen LogP contribution in [0.25, 0.3) is 0 Å². The molecule has 0 aromatic carbocycles. The lowest BCUT2D eigenvalue weighted by Gasteiger charge is -2.29. The molecule has 0 aromatic heterocycles. The Morgan fingerprint density at radius 2 is 0.812 bits per heavy atom. The highest BCUT2D eigenvalue weighted by Crippen LogP contribution is 2.14. The van der Waals surface area contributed by atoms with Gasteiger partial charge in [-0.15, -0.1) is 0 Å². The van der Waals surface area contributed by atoms with E-state index in [-0.39, 0.29) is 13.1 Å². The average Bonchev–Trinajstić information content (AvgIpc) is 2.78. The normalized spacial score (nSPS) is 21.5. The second kappa shape index (κ2) is 14.9. The molecule has 0 aliphatic heterocycles. The van der Waals surface area contributed by atoms with E-state index in [2.05, 4.69) is 10.6 Å². The number of hydrogen-bond donors (Lipinski definition) is 12. The highest BCUT2D eigenvalue weighted by atomic mass is 16.4. The zero-order valence-electron chi connectivity index (χ0n) is 17.9. The van der Waals surface area contributed by atoms with Crippen molar-refractivity contribution in [3.8, 4) is 0 Å². The number of ketones is 2. The SMILES string of the molecule is CNCC(O)C(O)C(O)C(O)C(O)C(=O)CCC(=O)C(O)C(O)C(O)C(O)C(O)CNC. The van der Waals surface area contributed by atoms with Gasteiger partial charge in [0.15, 0.2) is 11.6 Å². The van der Waals surface area contributed by atoms with E-state index in [1.165, 1.54) is 14.1 Å². The van der Waals surface area contributed by atoms with Crippen LogP contribution in [0.3, 0.4) is 0 Å². The fourth-order valence-corrected chi connectivity index (χ4v) is 2.82. The number of aliphatic hydroxyl groups excluding tert-OH is 10. The molecule has 0 amide bonds. The molecule has 14 heteroatoms. The second-order valence-corrected chi connectivity index (χ2v) is 7.52. The van der Waals surface area contributed by atoms with Crippen molar-refractivity contribution in [3.05, 3.63) is 0 Å². The summed E-state index contributed by atoms with van der Waals surface area (Å²) in [5.41, 5.74) is 0.